The van der Waals surface area contributed by atoms with E-state index in [4.69, 9.17) is 31.9 Å². The molecular weight excluding hydrogens is 424 g/mol. The van der Waals surface area contributed by atoms with Crippen LogP contribution in [-0.4, -0.2) is 41.3 Å². The minimum absolute atomic E-state index is 0.0564. The maximum Gasteiger partial charge on any atom is 0.407 e. The molecule has 0 aromatic heterocycles. The quantitative estimate of drug-likeness (QED) is 0.431. The molecule has 2 amide bonds. The van der Waals surface area contributed by atoms with E-state index in [0.717, 1.165) is 5.56 Å². The molecule has 1 aromatic rings. The lowest BCUT2D eigenvalue weighted by molar-refractivity contribution is -0.137. The van der Waals surface area contributed by atoms with E-state index in [-0.39, 0.29) is 31.8 Å². The minimum Gasteiger partial charge on any atom is -0.490 e. The molecule has 1 unspecified atom stereocenters. The maximum atomic E-state index is 12.1. The van der Waals surface area contributed by atoms with Crippen LogP contribution in [0.2, 0.25) is 5.02 Å². The number of amides is 2. The van der Waals surface area contributed by atoms with Gasteiger partial charge in [0.15, 0.2) is 0 Å². The van der Waals surface area contributed by atoms with E-state index in [9.17, 15) is 14.4 Å². The van der Waals surface area contributed by atoms with Crippen molar-refractivity contribution in [3.05, 3.63) is 28.8 Å². The van der Waals surface area contributed by atoms with Gasteiger partial charge in [-0.2, -0.15) is 0 Å². The number of hydrogen-bond donors (Lipinski definition) is 3. The lowest BCUT2D eigenvalue weighted by Gasteiger charge is -2.24. The van der Waals surface area contributed by atoms with Crippen molar-refractivity contribution >= 4 is 29.6 Å². The normalized spacial score (nSPS) is 13.2. The second-order valence-electron chi connectivity index (χ2n) is 8.51. The topological polar surface area (TPSA) is 128 Å². The highest BCUT2D eigenvalue weighted by atomic mass is 35.5. The van der Waals surface area contributed by atoms with Crippen molar-refractivity contribution in [2.24, 2.45) is 5.73 Å². The van der Waals surface area contributed by atoms with E-state index in [2.05, 4.69) is 5.32 Å². The Labute approximate surface area is 188 Å². The van der Waals surface area contributed by atoms with Gasteiger partial charge in [-0.05, 0) is 57.6 Å². The Hall–Kier alpha value is -2.48. The number of aliphatic carboxylic acids is 1. The molecule has 0 fully saturated rings. The smallest absolute Gasteiger partial charge is 0.407 e. The molecule has 1 rings (SSSR count). The number of hydrogen-bond acceptors (Lipinski definition) is 5. The number of benzene rings is 1. The van der Waals surface area contributed by atoms with Gasteiger partial charge in [0, 0.05) is 12.8 Å². The zero-order chi connectivity index (χ0) is 23.6. The monoisotopic (exact) mass is 456 g/mol. The molecule has 0 saturated carbocycles. The van der Waals surface area contributed by atoms with Crippen LogP contribution in [0.25, 0.3) is 0 Å². The van der Waals surface area contributed by atoms with E-state index < -0.39 is 29.6 Å². The summed E-state index contributed by atoms with van der Waals surface area (Å²) in [7, 11) is 0. The van der Waals surface area contributed by atoms with Crippen LogP contribution in [0.4, 0.5) is 4.79 Å². The molecule has 0 spiro atoms. The molecule has 31 heavy (non-hydrogen) atoms. The van der Waals surface area contributed by atoms with Gasteiger partial charge < -0.3 is 25.6 Å². The summed E-state index contributed by atoms with van der Waals surface area (Å²) in [5.41, 5.74) is 5.44. The van der Waals surface area contributed by atoms with Crippen molar-refractivity contribution in [3.8, 4) is 5.75 Å². The molecule has 0 saturated heterocycles. The molecular formula is C22H33ClN2O6. The number of nitrogens with one attached hydrogen (secondary N) is 1. The Kier molecular flexibility index (Phi) is 10.6. The number of alkyl carbamates (subject to hydrolysis) is 1. The summed E-state index contributed by atoms with van der Waals surface area (Å²) in [6, 6.07) is 4.90. The van der Waals surface area contributed by atoms with E-state index >= 15 is 0 Å². The van der Waals surface area contributed by atoms with Gasteiger partial charge in [0.25, 0.3) is 0 Å². The Morgan fingerprint density at radius 3 is 2.45 bits per heavy atom. The largest absolute Gasteiger partial charge is 0.490 e. The molecule has 4 N–H and O–H groups in total. The van der Waals surface area contributed by atoms with Gasteiger partial charge in [0.05, 0.1) is 11.1 Å². The molecule has 0 heterocycles. The first kappa shape index (κ1) is 26.6. The van der Waals surface area contributed by atoms with Gasteiger partial charge in [-0.15, -0.1) is 0 Å². The van der Waals surface area contributed by atoms with Crippen LogP contribution in [0.5, 0.6) is 5.75 Å². The van der Waals surface area contributed by atoms with Crippen LogP contribution in [0.15, 0.2) is 18.2 Å². The van der Waals surface area contributed by atoms with Crippen LogP contribution >= 0.6 is 11.6 Å². The van der Waals surface area contributed by atoms with Gasteiger partial charge in [-0.3, -0.25) is 9.59 Å². The fourth-order valence-corrected chi connectivity index (χ4v) is 3.28. The van der Waals surface area contributed by atoms with Gasteiger partial charge in [-0.25, -0.2) is 4.79 Å². The Balaban J connectivity index is 2.81. The number of carbonyl (C=O) groups is 3. The number of halogens is 1. The molecule has 0 bridgehead atoms. The molecule has 8 nitrogen and oxygen atoms in total. The molecule has 0 aliphatic heterocycles. The highest BCUT2D eigenvalue weighted by Gasteiger charge is 2.21. The first-order valence-electron chi connectivity index (χ1n) is 10.3. The summed E-state index contributed by atoms with van der Waals surface area (Å²) in [5.74, 6) is -0.804. The average Bonchev–Trinajstić information content (AvgIpc) is 2.62. The number of ether oxygens (including phenoxy) is 2. The molecule has 0 aliphatic rings. The number of rotatable bonds is 12. The fraction of sp³-hybridized carbons (Fsp3) is 0.591. The SMILES string of the molecule is CC(CCCC(=O)O)c1cccc(OC[C@H](CCC(N)=O)NC(=O)OC(C)(C)C)c1Cl. The predicted octanol–water partition coefficient (Wildman–Crippen LogP) is 4.24. The average molecular weight is 457 g/mol. The zero-order valence-corrected chi connectivity index (χ0v) is 19.3. The molecule has 2 atom stereocenters. The van der Waals surface area contributed by atoms with Crippen LogP contribution in [-0.2, 0) is 14.3 Å². The van der Waals surface area contributed by atoms with Gasteiger partial charge in [0.1, 0.15) is 18.0 Å². The number of nitrogens with two attached hydrogens (primary N) is 1. The molecule has 0 radical (unpaired) electrons. The molecule has 1 aromatic carbocycles. The first-order chi connectivity index (χ1) is 14.4. The van der Waals surface area contributed by atoms with Crippen LogP contribution in [0.1, 0.15) is 71.3 Å². The Morgan fingerprint density at radius 2 is 1.87 bits per heavy atom. The van der Waals surface area contributed by atoms with Gasteiger partial charge in [-0.1, -0.05) is 30.7 Å². The van der Waals surface area contributed by atoms with Gasteiger partial charge >= 0.3 is 12.1 Å². The highest BCUT2D eigenvalue weighted by molar-refractivity contribution is 6.32. The minimum atomic E-state index is -0.824. The van der Waals surface area contributed by atoms with Gasteiger partial charge in [0.2, 0.25) is 5.91 Å². The molecule has 174 valence electrons. The fourth-order valence-electron chi connectivity index (χ4n) is 2.91. The van der Waals surface area contributed by atoms with E-state index in [1.54, 1.807) is 26.8 Å². The summed E-state index contributed by atoms with van der Waals surface area (Å²) in [6.45, 7) is 7.31. The Morgan fingerprint density at radius 1 is 1.19 bits per heavy atom. The van der Waals surface area contributed by atoms with Crippen LogP contribution < -0.4 is 15.8 Å². The van der Waals surface area contributed by atoms with Crippen molar-refractivity contribution in [2.45, 2.75) is 77.4 Å². The third kappa shape index (κ3) is 10.9. The first-order valence-corrected chi connectivity index (χ1v) is 10.7. The molecule has 9 heteroatoms. The van der Waals surface area contributed by atoms with Crippen LogP contribution in [0, 0.1) is 0 Å². The predicted molar refractivity (Wildman–Crippen MR) is 118 cm³/mol. The van der Waals surface area contributed by atoms with E-state index in [1.807, 2.05) is 19.1 Å². The van der Waals surface area contributed by atoms with Crippen LogP contribution in [0.3, 0.4) is 0 Å². The second-order valence-corrected chi connectivity index (χ2v) is 8.88. The number of carbonyl (C=O) groups excluding carboxylic acids is 2. The van der Waals surface area contributed by atoms with Crippen molar-refractivity contribution in [2.75, 3.05) is 6.61 Å². The number of primary amides is 1. The maximum absolute atomic E-state index is 12.1. The van der Waals surface area contributed by atoms with E-state index in [1.165, 1.54) is 0 Å². The molecule has 0 aliphatic carbocycles. The summed E-state index contributed by atoms with van der Waals surface area (Å²) in [4.78, 5) is 34.0. The zero-order valence-electron chi connectivity index (χ0n) is 18.6. The van der Waals surface area contributed by atoms with Crippen molar-refractivity contribution < 1.29 is 29.0 Å². The Bertz CT molecular complexity index is 763. The highest BCUT2D eigenvalue weighted by Crippen LogP contribution is 2.35. The third-order valence-corrected chi connectivity index (χ3v) is 4.86. The lowest BCUT2D eigenvalue weighted by Crippen LogP contribution is -2.42. The van der Waals surface area contributed by atoms with Crippen molar-refractivity contribution in [1.29, 1.82) is 0 Å². The van der Waals surface area contributed by atoms with E-state index in [0.29, 0.717) is 23.6 Å². The van der Waals surface area contributed by atoms with Crippen molar-refractivity contribution in [3.63, 3.8) is 0 Å². The summed E-state index contributed by atoms with van der Waals surface area (Å²) >= 11 is 6.52. The number of carboxylic acid groups (broad SMARTS) is 1. The van der Waals surface area contributed by atoms with Crippen molar-refractivity contribution in [1.82, 2.24) is 5.32 Å². The summed E-state index contributed by atoms with van der Waals surface area (Å²) < 4.78 is 11.1. The summed E-state index contributed by atoms with van der Waals surface area (Å²) in [6.07, 6.45) is 1.09. The summed E-state index contributed by atoms with van der Waals surface area (Å²) in [5, 5.41) is 11.9. The lowest BCUT2D eigenvalue weighted by atomic mass is 9.95. The second kappa shape index (κ2) is 12.4. The standard InChI is InChI=1S/C22H33ClN2O6/c1-14(7-5-10-19(27)28)16-8-6-9-17(20(16)23)30-13-15(11-12-18(24)26)25-21(29)31-22(2,3)4/h6,8-9,14-15H,5,7,10-13H2,1-4H3,(H2,24,26)(H,25,29)(H,27,28)/t14?,15-/m0/s1. The number of carboxylic acids is 1. The third-order valence-electron chi connectivity index (χ3n) is 4.45.